The lowest BCUT2D eigenvalue weighted by Gasteiger charge is -2.40. The minimum absolute atomic E-state index is 0.433. The molecule has 2 saturated carbocycles. The maximum atomic E-state index is 10.6. The molecule has 2 fully saturated rings. The van der Waals surface area contributed by atoms with Crippen LogP contribution in [0.15, 0.2) is 0 Å². The van der Waals surface area contributed by atoms with Gasteiger partial charge in [-0.3, -0.25) is 0 Å². The maximum absolute atomic E-state index is 10.6. The number of aliphatic hydroxyl groups is 1. The number of hydrogen-bond acceptors (Lipinski definition) is 2. The van der Waals surface area contributed by atoms with Crippen LogP contribution in [0.1, 0.15) is 72.1 Å². The molecule has 0 saturated heterocycles. The molecule has 19 heavy (non-hydrogen) atoms. The fraction of sp³-hybridized carbons (Fsp3) is 1.00. The monoisotopic (exact) mass is 267 g/mol. The van der Waals surface area contributed by atoms with E-state index in [4.69, 9.17) is 0 Å². The van der Waals surface area contributed by atoms with Crippen LogP contribution in [0, 0.1) is 17.3 Å². The Kier molecular flexibility index (Phi) is 4.94. The molecule has 0 aromatic carbocycles. The van der Waals surface area contributed by atoms with Gasteiger partial charge in [-0.05, 0) is 62.3 Å². The van der Waals surface area contributed by atoms with E-state index in [9.17, 15) is 5.11 Å². The van der Waals surface area contributed by atoms with Crippen molar-refractivity contribution in [2.75, 3.05) is 13.1 Å². The molecule has 0 bridgehead atoms. The third-order valence-corrected chi connectivity index (χ3v) is 5.56. The third-order valence-electron chi connectivity index (χ3n) is 5.56. The van der Waals surface area contributed by atoms with Crippen LogP contribution in [0.25, 0.3) is 0 Å². The first-order valence-electron chi connectivity index (χ1n) is 8.32. The van der Waals surface area contributed by atoms with Gasteiger partial charge < -0.3 is 10.4 Å². The van der Waals surface area contributed by atoms with Gasteiger partial charge in [-0.15, -0.1) is 0 Å². The predicted octanol–water partition coefficient (Wildman–Crippen LogP) is 3.73. The van der Waals surface area contributed by atoms with Gasteiger partial charge in [0.2, 0.25) is 0 Å². The lowest BCUT2D eigenvalue weighted by Crippen LogP contribution is -2.46. The quantitative estimate of drug-likeness (QED) is 0.813. The summed E-state index contributed by atoms with van der Waals surface area (Å²) in [6, 6.07) is 0. The molecule has 2 rings (SSSR count). The van der Waals surface area contributed by atoms with Crippen LogP contribution in [0.4, 0.5) is 0 Å². The molecule has 0 unspecified atom stereocenters. The van der Waals surface area contributed by atoms with Crippen LogP contribution in [-0.4, -0.2) is 23.8 Å². The van der Waals surface area contributed by atoms with Gasteiger partial charge in [0.25, 0.3) is 0 Å². The van der Waals surface area contributed by atoms with Gasteiger partial charge >= 0.3 is 0 Å². The van der Waals surface area contributed by atoms with Crippen LogP contribution < -0.4 is 5.32 Å². The average molecular weight is 267 g/mol. The highest BCUT2D eigenvalue weighted by Gasteiger charge is 2.36. The summed E-state index contributed by atoms with van der Waals surface area (Å²) in [4.78, 5) is 0. The van der Waals surface area contributed by atoms with E-state index >= 15 is 0 Å². The van der Waals surface area contributed by atoms with Crippen molar-refractivity contribution in [2.24, 2.45) is 17.3 Å². The fourth-order valence-corrected chi connectivity index (χ4v) is 3.61. The molecule has 2 nitrogen and oxygen atoms in total. The first kappa shape index (κ1) is 15.3. The van der Waals surface area contributed by atoms with E-state index in [-0.39, 0.29) is 0 Å². The molecule has 2 aliphatic rings. The molecular formula is C17H33NO. The normalized spacial score (nSPS) is 34.1. The summed E-state index contributed by atoms with van der Waals surface area (Å²) in [5, 5.41) is 14.2. The van der Waals surface area contributed by atoms with Crippen LogP contribution in [-0.2, 0) is 0 Å². The minimum atomic E-state index is -0.433. The van der Waals surface area contributed by atoms with Crippen molar-refractivity contribution in [2.45, 2.75) is 77.7 Å². The first-order chi connectivity index (χ1) is 8.89. The van der Waals surface area contributed by atoms with Gasteiger partial charge in [-0.25, -0.2) is 0 Å². The van der Waals surface area contributed by atoms with E-state index in [0.717, 1.165) is 50.6 Å². The topological polar surface area (TPSA) is 32.3 Å². The Bertz CT molecular complexity index is 269. The zero-order valence-corrected chi connectivity index (χ0v) is 13.2. The first-order valence-corrected chi connectivity index (χ1v) is 8.32. The van der Waals surface area contributed by atoms with Crippen molar-refractivity contribution in [3.63, 3.8) is 0 Å². The highest BCUT2D eigenvalue weighted by Crippen LogP contribution is 2.39. The van der Waals surface area contributed by atoms with Gasteiger partial charge in [0.05, 0.1) is 5.60 Å². The third kappa shape index (κ3) is 4.75. The van der Waals surface area contributed by atoms with Crippen LogP contribution in [0.3, 0.4) is 0 Å². The molecule has 0 spiro atoms. The van der Waals surface area contributed by atoms with E-state index in [1.165, 1.54) is 25.7 Å². The largest absolute Gasteiger partial charge is 0.389 e. The van der Waals surface area contributed by atoms with Gasteiger partial charge in [-0.1, -0.05) is 33.6 Å². The molecule has 2 aliphatic carbocycles. The van der Waals surface area contributed by atoms with Crippen molar-refractivity contribution in [1.29, 1.82) is 0 Å². The summed E-state index contributed by atoms with van der Waals surface area (Å²) in [5.41, 5.74) is 0.00319. The summed E-state index contributed by atoms with van der Waals surface area (Å²) in [6.45, 7) is 8.93. The number of hydrogen-bond donors (Lipinski definition) is 2. The Hall–Kier alpha value is -0.0800. The van der Waals surface area contributed by atoms with Crippen molar-refractivity contribution >= 4 is 0 Å². The maximum Gasteiger partial charge on any atom is 0.0772 e. The number of nitrogens with one attached hydrogen (secondary N) is 1. The molecule has 2 heteroatoms. The summed E-state index contributed by atoms with van der Waals surface area (Å²) in [7, 11) is 0. The fourth-order valence-electron chi connectivity index (χ4n) is 3.61. The van der Waals surface area contributed by atoms with E-state index < -0.39 is 5.60 Å². The Morgan fingerprint density at radius 2 is 1.58 bits per heavy atom. The molecule has 0 aliphatic heterocycles. The minimum Gasteiger partial charge on any atom is -0.389 e. The molecule has 0 aromatic heterocycles. The van der Waals surface area contributed by atoms with Crippen molar-refractivity contribution in [3.8, 4) is 0 Å². The molecule has 112 valence electrons. The van der Waals surface area contributed by atoms with Gasteiger partial charge in [-0.2, -0.15) is 0 Å². The van der Waals surface area contributed by atoms with Gasteiger partial charge in [0.1, 0.15) is 0 Å². The zero-order valence-electron chi connectivity index (χ0n) is 13.2. The summed E-state index contributed by atoms with van der Waals surface area (Å²) >= 11 is 0. The van der Waals surface area contributed by atoms with E-state index in [2.05, 4.69) is 26.1 Å². The SMILES string of the molecule is CC1CCC(CNCC2(O)CCC(C)(C)CC2)CC1. The van der Waals surface area contributed by atoms with Crippen LogP contribution in [0.5, 0.6) is 0 Å². The Morgan fingerprint density at radius 1 is 1.00 bits per heavy atom. The highest BCUT2D eigenvalue weighted by atomic mass is 16.3. The summed E-state index contributed by atoms with van der Waals surface area (Å²) in [5.74, 6) is 1.78. The Morgan fingerprint density at radius 3 is 2.16 bits per heavy atom. The highest BCUT2D eigenvalue weighted by molar-refractivity contribution is 4.90. The smallest absolute Gasteiger partial charge is 0.0772 e. The molecule has 0 radical (unpaired) electrons. The van der Waals surface area contributed by atoms with E-state index in [1.807, 2.05) is 0 Å². The van der Waals surface area contributed by atoms with Crippen molar-refractivity contribution < 1.29 is 5.11 Å². The Balaban J connectivity index is 1.65. The second-order valence-corrected chi connectivity index (χ2v) is 8.15. The number of rotatable bonds is 4. The molecule has 0 heterocycles. The lowest BCUT2D eigenvalue weighted by molar-refractivity contribution is -0.0250. The van der Waals surface area contributed by atoms with E-state index in [0.29, 0.717) is 5.41 Å². The predicted molar refractivity (Wildman–Crippen MR) is 81.2 cm³/mol. The average Bonchev–Trinajstić information content (AvgIpc) is 2.36. The van der Waals surface area contributed by atoms with E-state index in [1.54, 1.807) is 0 Å². The standard InChI is InChI=1S/C17H33NO/c1-14-4-6-15(7-5-14)12-18-13-17(19)10-8-16(2,3)9-11-17/h14-15,18-19H,4-13H2,1-3H3. The molecule has 0 amide bonds. The van der Waals surface area contributed by atoms with Crippen LogP contribution >= 0.6 is 0 Å². The molecular weight excluding hydrogens is 234 g/mol. The van der Waals surface area contributed by atoms with Crippen molar-refractivity contribution in [1.82, 2.24) is 5.32 Å². The second kappa shape index (κ2) is 6.13. The molecule has 0 aromatic rings. The molecule has 2 N–H and O–H groups in total. The van der Waals surface area contributed by atoms with Gasteiger partial charge in [0, 0.05) is 6.54 Å². The van der Waals surface area contributed by atoms with Crippen LogP contribution in [0.2, 0.25) is 0 Å². The Labute approximate surface area is 119 Å². The van der Waals surface area contributed by atoms with Gasteiger partial charge in [0.15, 0.2) is 0 Å². The summed E-state index contributed by atoms with van der Waals surface area (Å²) < 4.78 is 0. The summed E-state index contributed by atoms with van der Waals surface area (Å²) in [6.07, 6.45) is 9.79. The lowest BCUT2D eigenvalue weighted by atomic mass is 9.71. The van der Waals surface area contributed by atoms with Crippen molar-refractivity contribution in [3.05, 3.63) is 0 Å². The second-order valence-electron chi connectivity index (χ2n) is 8.15. The zero-order chi connectivity index (χ0) is 13.9. The molecule has 0 atom stereocenters.